The van der Waals surface area contributed by atoms with Gasteiger partial charge in [0.1, 0.15) is 0 Å². The van der Waals surface area contributed by atoms with E-state index in [1.807, 2.05) is 0 Å². The molecular weight excluding hydrogens is 360 g/mol. The van der Waals surface area contributed by atoms with Crippen LogP contribution in [0.4, 0.5) is 0 Å². The molecule has 4 heteroatoms. The second-order valence-corrected chi connectivity index (χ2v) is 10.7. The topological polar surface area (TPSA) is 43.4 Å². The summed E-state index contributed by atoms with van der Waals surface area (Å²) in [5, 5.41) is 0.288. The van der Waals surface area contributed by atoms with Gasteiger partial charge in [-0.1, -0.05) is 25.5 Å². The second-order valence-electron chi connectivity index (χ2n) is 10.1. The van der Waals surface area contributed by atoms with Gasteiger partial charge in [0.25, 0.3) is 0 Å². The fourth-order valence-electron chi connectivity index (χ4n) is 7.68. The summed E-state index contributed by atoms with van der Waals surface area (Å²) in [5.41, 5.74) is 0.678. The monoisotopic (exact) mass is 392 g/mol. The highest BCUT2D eigenvalue weighted by molar-refractivity contribution is 6.20. The largest absolute Gasteiger partial charge is 0.451 e. The Morgan fingerprint density at radius 3 is 2.44 bits per heavy atom. The fourth-order valence-corrected chi connectivity index (χ4v) is 7.95. The van der Waals surface area contributed by atoms with E-state index in [1.54, 1.807) is 12.5 Å². The summed E-state index contributed by atoms with van der Waals surface area (Å²) < 4.78 is 5.84. The lowest BCUT2D eigenvalue weighted by atomic mass is 9.47. The van der Waals surface area contributed by atoms with Crippen LogP contribution in [0.2, 0.25) is 0 Å². The minimum atomic E-state index is -0.923. The first-order chi connectivity index (χ1) is 12.6. The van der Waals surface area contributed by atoms with Crippen molar-refractivity contribution in [2.75, 3.05) is 0 Å². The average molecular weight is 393 g/mol. The van der Waals surface area contributed by atoms with Gasteiger partial charge >= 0.3 is 5.97 Å². The van der Waals surface area contributed by atoms with E-state index >= 15 is 0 Å². The van der Waals surface area contributed by atoms with Crippen LogP contribution < -0.4 is 0 Å². The number of fused-ring (bicyclic) bond motifs is 5. The van der Waals surface area contributed by atoms with Gasteiger partial charge in [0.15, 0.2) is 11.4 Å². The van der Waals surface area contributed by atoms with Gasteiger partial charge in [0, 0.05) is 17.7 Å². The molecule has 0 bridgehead atoms. The van der Waals surface area contributed by atoms with Crippen LogP contribution >= 0.6 is 11.6 Å². The lowest BCUT2D eigenvalue weighted by Crippen LogP contribution is -2.58. The molecule has 4 rings (SSSR count). The van der Waals surface area contributed by atoms with Crippen molar-refractivity contribution in [2.24, 2.45) is 28.6 Å². The smallest absolute Gasteiger partial charge is 0.303 e. The van der Waals surface area contributed by atoms with Crippen LogP contribution in [0.25, 0.3) is 0 Å². The molecule has 0 aromatic carbocycles. The lowest BCUT2D eigenvalue weighted by Gasteiger charge is -2.59. The Labute approximate surface area is 168 Å². The van der Waals surface area contributed by atoms with Crippen LogP contribution in [0.15, 0.2) is 11.6 Å². The van der Waals surface area contributed by atoms with E-state index in [1.165, 1.54) is 13.3 Å². The molecule has 3 unspecified atom stereocenters. The van der Waals surface area contributed by atoms with E-state index in [0.29, 0.717) is 24.2 Å². The number of Topliss-reactive ketones (excluding diaryl/α,β-unsaturated/α-hetero) is 1. The Balaban J connectivity index is 1.70. The zero-order valence-corrected chi connectivity index (χ0v) is 17.9. The number of halogens is 1. The number of rotatable bonds is 2. The highest BCUT2D eigenvalue weighted by Gasteiger charge is 2.67. The summed E-state index contributed by atoms with van der Waals surface area (Å²) in [7, 11) is 0. The SMILES string of the molecule is CC(=O)O[C@]1(C(C)=O)CCC2C3CC=C4C[C@@H](Cl)CC[C@]4(C)C3CC[C@@]21C. The van der Waals surface area contributed by atoms with Crippen LogP contribution in [-0.4, -0.2) is 22.7 Å². The summed E-state index contributed by atoms with van der Waals surface area (Å²) in [6, 6.07) is 0. The predicted molar refractivity (Wildman–Crippen MR) is 107 cm³/mol. The molecule has 0 N–H and O–H groups in total. The summed E-state index contributed by atoms with van der Waals surface area (Å²) in [6.45, 7) is 7.74. The molecule has 27 heavy (non-hydrogen) atoms. The Morgan fingerprint density at radius 1 is 1.07 bits per heavy atom. The van der Waals surface area contributed by atoms with Crippen molar-refractivity contribution >= 4 is 23.4 Å². The third-order valence-electron chi connectivity index (χ3n) is 9.05. The maximum Gasteiger partial charge on any atom is 0.303 e. The number of carbonyl (C=O) groups is 2. The number of alkyl halides is 1. The summed E-state index contributed by atoms with van der Waals surface area (Å²) in [4.78, 5) is 24.6. The van der Waals surface area contributed by atoms with Gasteiger partial charge in [0.05, 0.1) is 0 Å². The predicted octanol–water partition coefficient (Wildman–Crippen LogP) is 5.45. The normalized spacial score (nSPS) is 48.7. The first-order valence-electron chi connectivity index (χ1n) is 10.7. The van der Waals surface area contributed by atoms with Gasteiger partial charge in [-0.3, -0.25) is 9.59 Å². The van der Waals surface area contributed by atoms with E-state index in [9.17, 15) is 9.59 Å². The zero-order valence-electron chi connectivity index (χ0n) is 17.1. The summed E-state index contributed by atoms with van der Waals surface area (Å²) in [5.74, 6) is 1.40. The Kier molecular flexibility index (Phi) is 4.57. The van der Waals surface area contributed by atoms with Crippen molar-refractivity contribution in [3.63, 3.8) is 0 Å². The molecule has 0 saturated heterocycles. The maximum atomic E-state index is 12.7. The van der Waals surface area contributed by atoms with Gasteiger partial charge in [-0.25, -0.2) is 0 Å². The average Bonchev–Trinajstić information content (AvgIpc) is 2.89. The Morgan fingerprint density at radius 2 is 1.78 bits per heavy atom. The molecule has 150 valence electrons. The number of ether oxygens (including phenoxy) is 1. The molecule has 0 aromatic heterocycles. The van der Waals surface area contributed by atoms with E-state index in [4.69, 9.17) is 16.3 Å². The molecule has 0 amide bonds. The molecule has 0 heterocycles. The van der Waals surface area contributed by atoms with Crippen LogP contribution in [0.5, 0.6) is 0 Å². The number of allylic oxidation sites excluding steroid dienone is 2. The summed E-state index contributed by atoms with van der Waals surface area (Å²) >= 11 is 6.48. The number of hydrogen-bond donors (Lipinski definition) is 0. The van der Waals surface area contributed by atoms with Gasteiger partial charge in [-0.2, -0.15) is 0 Å². The maximum absolute atomic E-state index is 12.7. The van der Waals surface area contributed by atoms with Crippen molar-refractivity contribution in [3.05, 3.63) is 11.6 Å². The zero-order chi connectivity index (χ0) is 19.6. The molecule has 0 radical (unpaired) electrons. The minimum absolute atomic E-state index is 0.0297. The van der Waals surface area contributed by atoms with Gasteiger partial charge in [0.2, 0.25) is 0 Å². The Bertz CT molecular complexity index is 700. The summed E-state index contributed by atoms with van der Waals surface area (Å²) in [6.07, 6.45) is 10.6. The molecule has 3 nitrogen and oxygen atoms in total. The van der Waals surface area contributed by atoms with E-state index in [2.05, 4.69) is 19.9 Å². The number of ketones is 1. The van der Waals surface area contributed by atoms with Crippen LogP contribution in [0, 0.1) is 28.6 Å². The molecule has 0 spiro atoms. The molecule has 4 aliphatic rings. The highest BCUT2D eigenvalue weighted by Crippen LogP contribution is 2.68. The number of hydrogen-bond acceptors (Lipinski definition) is 3. The molecule has 4 aliphatic carbocycles. The van der Waals surface area contributed by atoms with Gasteiger partial charge in [-0.15, -0.1) is 11.6 Å². The fraction of sp³-hybridized carbons (Fsp3) is 0.826. The highest BCUT2D eigenvalue weighted by atomic mass is 35.5. The van der Waals surface area contributed by atoms with E-state index < -0.39 is 5.60 Å². The quantitative estimate of drug-likeness (QED) is 0.356. The van der Waals surface area contributed by atoms with Gasteiger partial charge < -0.3 is 4.74 Å². The number of carbonyl (C=O) groups excluding carboxylic acids is 2. The second kappa shape index (κ2) is 6.34. The lowest BCUT2D eigenvalue weighted by molar-refractivity contribution is -0.186. The number of esters is 1. The van der Waals surface area contributed by atoms with Crippen molar-refractivity contribution in [1.29, 1.82) is 0 Å². The first-order valence-corrected chi connectivity index (χ1v) is 11.1. The minimum Gasteiger partial charge on any atom is -0.451 e. The van der Waals surface area contributed by atoms with Crippen molar-refractivity contribution in [2.45, 2.75) is 90.0 Å². The Hall–Kier alpha value is -0.830. The van der Waals surface area contributed by atoms with Crippen molar-refractivity contribution in [3.8, 4) is 0 Å². The molecule has 7 atom stereocenters. The van der Waals surface area contributed by atoms with Crippen LogP contribution in [0.3, 0.4) is 0 Å². The van der Waals surface area contributed by atoms with Crippen LogP contribution in [0.1, 0.15) is 79.1 Å². The van der Waals surface area contributed by atoms with E-state index in [-0.39, 0.29) is 28.0 Å². The molecule has 0 aromatic rings. The van der Waals surface area contributed by atoms with E-state index in [0.717, 1.165) is 38.5 Å². The van der Waals surface area contributed by atoms with Crippen molar-refractivity contribution < 1.29 is 14.3 Å². The van der Waals surface area contributed by atoms with Gasteiger partial charge in [-0.05, 0) is 81.5 Å². The van der Waals surface area contributed by atoms with Crippen LogP contribution in [-0.2, 0) is 14.3 Å². The molecular formula is C23H33ClO3. The third kappa shape index (κ3) is 2.59. The van der Waals surface area contributed by atoms with Crippen molar-refractivity contribution in [1.82, 2.24) is 0 Å². The molecule has 3 saturated carbocycles. The molecule has 3 fully saturated rings. The first kappa shape index (κ1) is 19.5. The third-order valence-corrected chi connectivity index (χ3v) is 9.42. The standard InChI is InChI=1S/C23H33ClO3/c1-14(25)23(27-15(2)26)12-9-20-18-6-5-16-13-17(24)7-10-21(16,3)19(18)8-11-22(20,23)4/h5,17-20H,6-13H2,1-4H3/t17-,18?,19?,20?,21-,22-,23-/m0/s1. The molecule has 0 aliphatic heterocycles.